The molecule has 0 amide bonds. The number of hydrogen-bond donors (Lipinski definition) is 3. The van der Waals surface area contributed by atoms with Crippen LogP contribution in [-0.2, 0) is 0 Å². The van der Waals surface area contributed by atoms with Gasteiger partial charge in [-0.05, 0) is 30.2 Å². The van der Waals surface area contributed by atoms with Crippen molar-refractivity contribution in [3.63, 3.8) is 0 Å². The number of aromatic nitrogens is 2. The smallest absolute Gasteiger partial charge is 0.354 e. The Kier molecular flexibility index (Phi) is 3.51. The van der Waals surface area contributed by atoms with Crippen LogP contribution in [0.5, 0.6) is 11.5 Å². The molecule has 1 heterocycles. The molecule has 20 heavy (non-hydrogen) atoms. The van der Waals surface area contributed by atoms with Crippen molar-refractivity contribution in [2.75, 3.05) is 14.2 Å². The maximum atomic E-state index is 11.8. The zero-order chi connectivity index (χ0) is 14.9. The van der Waals surface area contributed by atoms with Crippen molar-refractivity contribution in [1.82, 2.24) is 10.2 Å². The average molecular weight is 278 g/mol. The molecule has 0 saturated carbocycles. The summed E-state index contributed by atoms with van der Waals surface area (Å²) in [6.45, 7) is 1.76. The fourth-order valence-corrected chi connectivity index (χ4v) is 2.03. The Hall–Kier alpha value is -2.70. The minimum absolute atomic E-state index is 0.0657. The lowest BCUT2D eigenvalue weighted by Crippen LogP contribution is -2.06. The topological polar surface area (TPSA) is 104 Å². The minimum atomic E-state index is -1.22. The number of hydrogen-bond acceptors (Lipinski definition) is 4. The number of carbonyl (C=O) groups is 1. The third-order valence-corrected chi connectivity index (χ3v) is 2.99. The number of methoxy groups -OCH3 is 2. The monoisotopic (exact) mass is 278 g/mol. The summed E-state index contributed by atoms with van der Waals surface area (Å²) in [6, 6.07) is 3.27. The summed E-state index contributed by atoms with van der Waals surface area (Å²) in [7, 11) is 2.97. The number of aryl methyl sites for hydroxylation is 1. The summed E-state index contributed by atoms with van der Waals surface area (Å²) < 4.78 is 10.3. The van der Waals surface area contributed by atoms with E-state index in [9.17, 15) is 9.59 Å². The SMILES string of the molecule is COc1cc(C)c(-c2c(C(=O)O)[nH][nH]c2=O)cc1OC. The van der Waals surface area contributed by atoms with Gasteiger partial charge >= 0.3 is 5.97 Å². The Labute approximate surface area is 114 Å². The molecule has 7 nitrogen and oxygen atoms in total. The van der Waals surface area contributed by atoms with E-state index in [1.54, 1.807) is 19.1 Å². The zero-order valence-electron chi connectivity index (χ0n) is 11.2. The standard InChI is InChI=1S/C13H14N2O5/c1-6-4-8(19-2)9(20-3)5-7(6)10-11(13(17)18)14-15-12(10)16/h4-5H,1-3H3,(H,17,18)(H2,14,15,16). The van der Waals surface area contributed by atoms with Crippen LogP contribution < -0.4 is 15.0 Å². The van der Waals surface area contributed by atoms with Gasteiger partial charge in [0, 0.05) is 0 Å². The van der Waals surface area contributed by atoms with Gasteiger partial charge in [-0.2, -0.15) is 0 Å². The molecule has 2 aromatic rings. The zero-order valence-corrected chi connectivity index (χ0v) is 11.2. The van der Waals surface area contributed by atoms with E-state index >= 15 is 0 Å². The first-order chi connectivity index (χ1) is 9.49. The van der Waals surface area contributed by atoms with Crippen molar-refractivity contribution in [3.8, 4) is 22.6 Å². The first-order valence-corrected chi connectivity index (χ1v) is 5.76. The molecule has 3 N–H and O–H groups in total. The number of aromatic carboxylic acids is 1. The van der Waals surface area contributed by atoms with E-state index in [2.05, 4.69) is 10.2 Å². The number of nitrogens with one attached hydrogen (secondary N) is 2. The summed E-state index contributed by atoms with van der Waals surface area (Å²) >= 11 is 0. The largest absolute Gasteiger partial charge is 0.493 e. The van der Waals surface area contributed by atoms with Crippen molar-refractivity contribution in [3.05, 3.63) is 33.7 Å². The van der Waals surface area contributed by atoms with E-state index in [1.807, 2.05) is 0 Å². The van der Waals surface area contributed by atoms with E-state index in [1.165, 1.54) is 14.2 Å². The van der Waals surface area contributed by atoms with Crippen LogP contribution in [0.1, 0.15) is 16.1 Å². The van der Waals surface area contributed by atoms with Crippen LogP contribution in [0.15, 0.2) is 16.9 Å². The maximum absolute atomic E-state index is 11.8. The molecule has 106 valence electrons. The van der Waals surface area contributed by atoms with Crippen molar-refractivity contribution in [2.45, 2.75) is 6.92 Å². The molecule has 0 aliphatic rings. The molecule has 7 heteroatoms. The molecule has 0 spiro atoms. The predicted molar refractivity (Wildman–Crippen MR) is 71.6 cm³/mol. The lowest BCUT2D eigenvalue weighted by Gasteiger charge is -2.12. The van der Waals surface area contributed by atoms with Crippen LogP contribution in [0.25, 0.3) is 11.1 Å². The summed E-state index contributed by atoms with van der Waals surface area (Å²) in [6.07, 6.45) is 0. The summed E-state index contributed by atoms with van der Waals surface area (Å²) in [5.41, 5.74) is 0.553. The lowest BCUT2D eigenvalue weighted by molar-refractivity contribution is 0.0691. The first kappa shape index (κ1) is 13.7. The molecule has 1 aromatic heterocycles. The van der Waals surface area contributed by atoms with Crippen molar-refractivity contribution >= 4 is 5.97 Å². The second-order valence-electron chi connectivity index (χ2n) is 4.16. The number of ether oxygens (including phenoxy) is 2. The predicted octanol–water partition coefficient (Wildman–Crippen LogP) is 1.39. The molecule has 0 unspecified atom stereocenters. The Morgan fingerprint density at radius 3 is 2.30 bits per heavy atom. The van der Waals surface area contributed by atoms with Crippen molar-refractivity contribution in [1.29, 1.82) is 0 Å². The van der Waals surface area contributed by atoms with Crippen LogP contribution >= 0.6 is 0 Å². The van der Waals surface area contributed by atoms with E-state index in [0.29, 0.717) is 22.6 Å². The number of carboxylic acid groups (broad SMARTS) is 1. The van der Waals surface area contributed by atoms with Crippen LogP contribution in [0.3, 0.4) is 0 Å². The molecule has 0 saturated heterocycles. The Morgan fingerprint density at radius 1 is 1.15 bits per heavy atom. The summed E-state index contributed by atoms with van der Waals surface area (Å²) in [5.74, 6) is -0.282. The van der Waals surface area contributed by atoms with Gasteiger partial charge in [-0.25, -0.2) is 4.79 Å². The molecule has 1 aromatic carbocycles. The number of H-pyrrole nitrogens is 2. The van der Waals surface area contributed by atoms with Gasteiger partial charge in [0.15, 0.2) is 17.2 Å². The average Bonchev–Trinajstić information content (AvgIpc) is 2.80. The van der Waals surface area contributed by atoms with E-state index in [-0.39, 0.29) is 11.3 Å². The number of benzene rings is 1. The van der Waals surface area contributed by atoms with Gasteiger partial charge in [-0.15, -0.1) is 0 Å². The van der Waals surface area contributed by atoms with Gasteiger partial charge in [0.2, 0.25) is 0 Å². The molecule has 0 aliphatic heterocycles. The quantitative estimate of drug-likeness (QED) is 0.784. The molecule has 0 bridgehead atoms. The van der Waals surface area contributed by atoms with Crippen LogP contribution in [-0.4, -0.2) is 35.5 Å². The van der Waals surface area contributed by atoms with Gasteiger partial charge < -0.3 is 14.6 Å². The van der Waals surface area contributed by atoms with Gasteiger partial charge in [0.05, 0.1) is 19.8 Å². The molecular formula is C13H14N2O5. The highest BCUT2D eigenvalue weighted by atomic mass is 16.5. The van der Waals surface area contributed by atoms with Crippen LogP contribution in [0.4, 0.5) is 0 Å². The second-order valence-corrected chi connectivity index (χ2v) is 4.16. The lowest BCUT2D eigenvalue weighted by atomic mass is 10.00. The maximum Gasteiger partial charge on any atom is 0.354 e. The third-order valence-electron chi connectivity index (χ3n) is 2.99. The Morgan fingerprint density at radius 2 is 1.75 bits per heavy atom. The van der Waals surface area contributed by atoms with Gasteiger partial charge in [-0.3, -0.25) is 15.0 Å². The van der Waals surface area contributed by atoms with Gasteiger partial charge in [0.1, 0.15) is 0 Å². The number of aromatic amines is 2. The van der Waals surface area contributed by atoms with E-state index in [0.717, 1.165) is 0 Å². The number of rotatable bonds is 4. The van der Waals surface area contributed by atoms with Crippen molar-refractivity contribution in [2.24, 2.45) is 0 Å². The minimum Gasteiger partial charge on any atom is -0.493 e. The van der Waals surface area contributed by atoms with Crippen LogP contribution in [0.2, 0.25) is 0 Å². The van der Waals surface area contributed by atoms with Crippen LogP contribution in [0, 0.1) is 6.92 Å². The number of carboxylic acids is 1. The van der Waals surface area contributed by atoms with Gasteiger partial charge in [-0.1, -0.05) is 0 Å². The highest BCUT2D eigenvalue weighted by Crippen LogP contribution is 2.35. The molecular weight excluding hydrogens is 264 g/mol. The normalized spacial score (nSPS) is 10.3. The highest BCUT2D eigenvalue weighted by molar-refractivity contribution is 5.94. The molecule has 0 atom stereocenters. The fourth-order valence-electron chi connectivity index (χ4n) is 2.03. The van der Waals surface area contributed by atoms with Gasteiger partial charge in [0.25, 0.3) is 5.56 Å². The third kappa shape index (κ3) is 2.13. The van der Waals surface area contributed by atoms with E-state index in [4.69, 9.17) is 14.6 Å². The van der Waals surface area contributed by atoms with Crippen molar-refractivity contribution < 1.29 is 19.4 Å². The first-order valence-electron chi connectivity index (χ1n) is 5.76. The molecule has 2 rings (SSSR count). The highest BCUT2D eigenvalue weighted by Gasteiger charge is 2.21. The Balaban J connectivity index is 2.73. The summed E-state index contributed by atoms with van der Waals surface area (Å²) in [5, 5.41) is 13.7. The molecule has 0 fully saturated rings. The molecule has 0 radical (unpaired) electrons. The summed E-state index contributed by atoms with van der Waals surface area (Å²) in [4.78, 5) is 23.0. The van der Waals surface area contributed by atoms with E-state index < -0.39 is 11.5 Å². The Bertz CT molecular complexity index is 714. The molecule has 0 aliphatic carbocycles. The fraction of sp³-hybridized carbons (Fsp3) is 0.231. The second kappa shape index (κ2) is 5.12.